The van der Waals surface area contributed by atoms with Crippen LogP contribution < -0.4 is 10.6 Å². The first kappa shape index (κ1) is 8.39. The molecule has 0 aromatic heterocycles. The summed E-state index contributed by atoms with van der Waals surface area (Å²) < 4.78 is 0. The summed E-state index contributed by atoms with van der Waals surface area (Å²) >= 11 is 0. The predicted octanol–water partition coefficient (Wildman–Crippen LogP) is -0.504. The van der Waals surface area contributed by atoms with E-state index in [4.69, 9.17) is 10.2 Å². The van der Waals surface area contributed by atoms with Gasteiger partial charge in [0.1, 0.15) is 0 Å². The lowest BCUT2D eigenvalue weighted by Gasteiger charge is -1.95. The van der Waals surface area contributed by atoms with E-state index in [1.54, 1.807) is 18.3 Å². The van der Waals surface area contributed by atoms with Gasteiger partial charge in [-0.15, -0.1) is 0 Å². The number of amidine groups is 1. The lowest BCUT2D eigenvalue weighted by molar-refractivity contribution is 0.0188. The van der Waals surface area contributed by atoms with Crippen LogP contribution in [0.5, 0.6) is 0 Å². The first-order valence-electron chi connectivity index (χ1n) is 4.32. The van der Waals surface area contributed by atoms with E-state index < -0.39 is 6.29 Å². The molecule has 0 saturated carbocycles. The van der Waals surface area contributed by atoms with Gasteiger partial charge in [0, 0.05) is 5.22 Å². The first-order valence-corrected chi connectivity index (χ1v) is 4.32. The van der Waals surface area contributed by atoms with Crippen molar-refractivity contribution in [2.75, 3.05) is 0 Å². The Morgan fingerprint density at radius 1 is 1.07 bits per heavy atom. The molecule has 2 N–H and O–H groups in total. The lowest BCUT2D eigenvalue weighted by atomic mass is 10.2. The Hall–Kier alpha value is -1.92. The molecule has 2 aliphatic heterocycles. The van der Waals surface area contributed by atoms with E-state index in [0.717, 1.165) is 10.9 Å². The van der Waals surface area contributed by atoms with Crippen LogP contribution in [0.4, 0.5) is 11.4 Å². The highest BCUT2D eigenvalue weighted by Crippen LogP contribution is 2.16. The zero-order valence-electron chi connectivity index (χ0n) is 7.49. The van der Waals surface area contributed by atoms with Gasteiger partial charge in [0.25, 0.3) is 0 Å². The van der Waals surface area contributed by atoms with E-state index in [1.807, 2.05) is 0 Å². The van der Waals surface area contributed by atoms with E-state index in [0.29, 0.717) is 11.0 Å². The maximum absolute atomic E-state index is 8.92. The fraction of sp³-hybridized carbons (Fsp3) is 0.111. The van der Waals surface area contributed by atoms with Crippen molar-refractivity contribution in [1.82, 2.24) is 0 Å². The van der Waals surface area contributed by atoms with Gasteiger partial charge in [0.05, 0.1) is 22.9 Å². The minimum atomic E-state index is -1.64. The van der Waals surface area contributed by atoms with Crippen LogP contribution in [-0.4, -0.2) is 22.3 Å². The molecule has 3 rings (SSSR count). The predicted molar refractivity (Wildman–Crippen MR) is 51.5 cm³/mol. The minimum absolute atomic E-state index is 0.00520. The normalized spacial score (nSPS) is 15.8. The molecule has 0 bridgehead atoms. The van der Waals surface area contributed by atoms with Gasteiger partial charge in [-0.2, -0.15) is 10.2 Å². The molecule has 0 radical (unpaired) electrons. The van der Waals surface area contributed by atoms with Crippen molar-refractivity contribution in [3.8, 4) is 0 Å². The van der Waals surface area contributed by atoms with Gasteiger partial charge in [-0.05, 0) is 12.1 Å². The second-order valence-electron chi connectivity index (χ2n) is 3.20. The van der Waals surface area contributed by atoms with Gasteiger partial charge >= 0.3 is 0 Å². The average Bonchev–Trinajstić information content (AvgIpc) is 2.77. The fourth-order valence-corrected chi connectivity index (χ4v) is 1.49. The van der Waals surface area contributed by atoms with Crippen LogP contribution in [0, 0.1) is 0 Å². The average molecular weight is 202 g/mol. The van der Waals surface area contributed by atoms with Gasteiger partial charge in [-0.3, -0.25) is 0 Å². The molecule has 0 atom stereocenters. The summed E-state index contributed by atoms with van der Waals surface area (Å²) in [7, 11) is 0. The first-order chi connectivity index (χ1) is 7.24. The smallest absolute Gasteiger partial charge is 0.214 e. The van der Waals surface area contributed by atoms with E-state index in [1.165, 1.54) is 0 Å². The maximum atomic E-state index is 8.92. The van der Waals surface area contributed by atoms with E-state index >= 15 is 0 Å². The Balaban J connectivity index is 2.23. The third-order valence-corrected chi connectivity index (χ3v) is 2.19. The quantitative estimate of drug-likeness (QED) is 0.601. The molecule has 0 fully saturated rings. The minimum Gasteiger partial charge on any atom is -0.362 e. The Kier molecular flexibility index (Phi) is 1.56. The van der Waals surface area contributed by atoms with Crippen LogP contribution in [0.2, 0.25) is 0 Å². The van der Waals surface area contributed by atoms with Crippen LogP contribution in [0.1, 0.15) is 0 Å². The number of aliphatic hydroxyl groups is 2. The fourth-order valence-electron chi connectivity index (χ4n) is 1.49. The Labute approximate surface area is 83.7 Å². The second kappa shape index (κ2) is 2.78. The van der Waals surface area contributed by atoms with Gasteiger partial charge < -0.3 is 10.2 Å². The van der Waals surface area contributed by atoms with Gasteiger partial charge in [-0.25, -0.2) is 9.98 Å². The number of benzene rings is 1. The SMILES string of the molecule is OC(O)C1=Nc2cc3c(cc2=N1)N=NC=3. The Morgan fingerprint density at radius 2 is 1.93 bits per heavy atom. The summed E-state index contributed by atoms with van der Waals surface area (Å²) in [6.45, 7) is 0. The molecule has 6 nitrogen and oxygen atoms in total. The summed E-state index contributed by atoms with van der Waals surface area (Å²) in [4.78, 5) is 7.94. The number of azo groups is 1. The van der Waals surface area contributed by atoms with Crippen LogP contribution >= 0.6 is 0 Å². The highest BCUT2D eigenvalue weighted by molar-refractivity contribution is 5.90. The van der Waals surface area contributed by atoms with Crippen molar-refractivity contribution in [3.05, 3.63) is 22.7 Å². The number of rotatable bonds is 1. The highest BCUT2D eigenvalue weighted by atomic mass is 16.5. The standard InChI is InChI=1S/C9H6N4O2/c14-9(15)8-11-6-1-4-3-10-13-5(4)2-7(6)12-8/h1-3,9,14-15H. The maximum Gasteiger partial charge on any atom is 0.214 e. The Morgan fingerprint density at radius 3 is 2.73 bits per heavy atom. The van der Waals surface area contributed by atoms with Crippen molar-refractivity contribution in [2.45, 2.75) is 6.29 Å². The van der Waals surface area contributed by atoms with Crippen LogP contribution in [-0.2, 0) is 0 Å². The second-order valence-corrected chi connectivity index (χ2v) is 3.20. The zero-order valence-corrected chi connectivity index (χ0v) is 7.49. The zero-order chi connectivity index (χ0) is 10.4. The topological polar surface area (TPSA) is 89.9 Å². The number of nitrogens with zero attached hydrogens (tertiary/aromatic N) is 4. The van der Waals surface area contributed by atoms with Crippen LogP contribution in [0.15, 0.2) is 32.3 Å². The Bertz CT molecular complexity index is 616. The van der Waals surface area contributed by atoms with Gasteiger partial charge in [0.2, 0.25) is 6.29 Å². The summed E-state index contributed by atoms with van der Waals surface area (Å²) in [5.41, 5.74) is 1.33. The molecule has 74 valence electrons. The van der Waals surface area contributed by atoms with Crippen molar-refractivity contribution in [2.24, 2.45) is 20.2 Å². The third-order valence-electron chi connectivity index (χ3n) is 2.19. The molecular formula is C9H6N4O2. The molecule has 15 heavy (non-hydrogen) atoms. The molecule has 0 spiro atoms. The molecule has 0 saturated heterocycles. The van der Waals surface area contributed by atoms with E-state index in [-0.39, 0.29) is 5.84 Å². The number of aliphatic imine (C=N–C) groups is 1. The van der Waals surface area contributed by atoms with E-state index in [9.17, 15) is 0 Å². The molecular weight excluding hydrogens is 196 g/mol. The lowest BCUT2D eigenvalue weighted by Crippen LogP contribution is -2.16. The van der Waals surface area contributed by atoms with Crippen LogP contribution in [0.3, 0.4) is 0 Å². The molecule has 1 aromatic carbocycles. The molecule has 6 heteroatoms. The third kappa shape index (κ3) is 1.19. The largest absolute Gasteiger partial charge is 0.362 e. The molecule has 0 aliphatic carbocycles. The molecule has 1 aromatic rings. The van der Waals surface area contributed by atoms with Crippen molar-refractivity contribution < 1.29 is 10.2 Å². The number of hydrogen-bond donors (Lipinski definition) is 2. The monoisotopic (exact) mass is 202 g/mol. The molecule has 0 unspecified atom stereocenters. The number of fused-ring (bicyclic) bond motifs is 2. The summed E-state index contributed by atoms with van der Waals surface area (Å²) in [5.74, 6) is 0.00520. The van der Waals surface area contributed by atoms with E-state index in [2.05, 4.69) is 20.2 Å². The van der Waals surface area contributed by atoms with Crippen molar-refractivity contribution >= 4 is 23.4 Å². The summed E-state index contributed by atoms with van der Waals surface area (Å²) in [6, 6.07) is 3.49. The molecule has 2 heterocycles. The number of hydrogen-bond acceptors (Lipinski definition) is 6. The summed E-state index contributed by atoms with van der Waals surface area (Å²) in [5, 5.41) is 26.9. The van der Waals surface area contributed by atoms with Crippen molar-refractivity contribution in [1.29, 1.82) is 0 Å². The molecule has 0 amide bonds. The van der Waals surface area contributed by atoms with Gasteiger partial charge in [0.15, 0.2) is 5.84 Å². The molecule has 2 aliphatic rings. The highest BCUT2D eigenvalue weighted by Gasteiger charge is 2.15. The number of aliphatic hydroxyl groups excluding tert-OH is 1. The van der Waals surface area contributed by atoms with Gasteiger partial charge in [-0.1, -0.05) is 0 Å². The summed E-state index contributed by atoms with van der Waals surface area (Å²) in [6.07, 6.45) is -0.0174. The van der Waals surface area contributed by atoms with Crippen LogP contribution in [0.25, 0.3) is 6.20 Å². The van der Waals surface area contributed by atoms with Crippen molar-refractivity contribution in [3.63, 3.8) is 0 Å².